The highest BCUT2D eigenvalue weighted by Crippen LogP contribution is 2.22. The van der Waals surface area contributed by atoms with Gasteiger partial charge in [-0.3, -0.25) is 0 Å². The molecule has 0 saturated heterocycles. The molecule has 0 aliphatic rings. The van der Waals surface area contributed by atoms with Gasteiger partial charge in [0.15, 0.2) is 5.03 Å². The second-order valence-corrected chi connectivity index (χ2v) is 14.8. The SMILES string of the molecule is COC(=O)c1cccnc1S(=O)(=O)NC(OCC[Si](C)(C)C)c1cccc(F)c1. The predicted molar refractivity (Wildman–Crippen MR) is 109 cm³/mol. The van der Waals surface area contributed by atoms with Crippen molar-refractivity contribution < 1.29 is 27.1 Å². The van der Waals surface area contributed by atoms with Crippen LogP contribution in [0.3, 0.4) is 0 Å². The molecule has 2 aromatic rings. The number of rotatable bonds is 9. The second-order valence-electron chi connectivity index (χ2n) is 7.59. The summed E-state index contributed by atoms with van der Waals surface area (Å²) >= 11 is 0. The first-order chi connectivity index (χ1) is 13.5. The van der Waals surface area contributed by atoms with Crippen molar-refractivity contribution in [1.82, 2.24) is 9.71 Å². The molecule has 7 nitrogen and oxygen atoms in total. The lowest BCUT2D eigenvalue weighted by molar-refractivity contribution is 0.0534. The Bertz CT molecular complexity index is 963. The van der Waals surface area contributed by atoms with E-state index in [2.05, 4.69) is 34.1 Å². The number of hydrogen-bond acceptors (Lipinski definition) is 6. The first-order valence-electron chi connectivity index (χ1n) is 8.96. The van der Waals surface area contributed by atoms with Crippen molar-refractivity contribution in [3.63, 3.8) is 0 Å². The Morgan fingerprint density at radius 2 is 1.97 bits per heavy atom. The van der Waals surface area contributed by atoms with E-state index in [4.69, 9.17) is 4.74 Å². The van der Waals surface area contributed by atoms with Crippen LogP contribution in [0, 0.1) is 5.82 Å². The lowest BCUT2D eigenvalue weighted by Crippen LogP contribution is -2.33. The number of ether oxygens (including phenoxy) is 2. The fourth-order valence-corrected chi connectivity index (χ4v) is 4.39. The zero-order valence-corrected chi connectivity index (χ0v) is 18.6. The lowest BCUT2D eigenvalue weighted by Gasteiger charge is -2.22. The maximum Gasteiger partial charge on any atom is 0.340 e. The first-order valence-corrected chi connectivity index (χ1v) is 14.2. The van der Waals surface area contributed by atoms with Gasteiger partial charge in [0.2, 0.25) is 0 Å². The average molecular weight is 441 g/mol. The van der Waals surface area contributed by atoms with E-state index in [1.807, 2.05) is 0 Å². The third kappa shape index (κ3) is 6.70. The molecule has 0 fully saturated rings. The molecule has 0 spiro atoms. The number of halogens is 1. The average Bonchev–Trinajstić information content (AvgIpc) is 2.65. The van der Waals surface area contributed by atoms with Gasteiger partial charge in [0.25, 0.3) is 10.0 Å². The first kappa shape index (κ1) is 23.1. The zero-order valence-electron chi connectivity index (χ0n) is 16.8. The molecule has 0 amide bonds. The molecule has 0 aliphatic carbocycles. The smallest absolute Gasteiger partial charge is 0.340 e. The van der Waals surface area contributed by atoms with Crippen molar-refractivity contribution in [2.45, 2.75) is 36.9 Å². The van der Waals surface area contributed by atoms with Crippen molar-refractivity contribution >= 4 is 24.1 Å². The number of nitrogens with zero attached hydrogens (tertiary/aromatic N) is 1. The number of benzene rings is 1. The van der Waals surface area contributed by atoms with E-state index < -0.39 is 41.1 Å². The monoisotopic (exact) mass is 440 g/mol. The molecular formula is C19H25FN2O5SSi. The summed E-state index contributed by atoms with van der Waals surface area (Å²) < 4.78 is 52.4. The molecule has 0 aliphatic heterocycles. The number of sulfonamides is 1. The number of esters is 1. The van der Waals surface area contributed by atoms with Gasteiger partial charge in [-0.1, -0.05) is 31.8 Å². The van der Waals surface area contributed by atoms with Gasteiger partial charge in [0.1, 0.15) is 12.0 Å². The minimum absolute atomic E-state index is 0.206. The van der Waals surface area contributed by atoms with Gasteiger partial charge in [-0.2, -0.15) is 4.72 Å². The van der Waals surface area contributed by atoms with Gasteiger partial charge in [-0.05, 0) is 35.9 Å². The van der Waals surface area contributed by atoms with Gasteiger partial charge in [-0.25, -0.2) is 22.6 Å². The molecule has 0 bridgehead atoms. The van der Waals surface area contributed by atoms with E-state index in [0.717, 1.165) is 13.2 Å². The molecular weight excluding hydrogens is 415 g/mol. The van der Waals surface area contributed by atoms with E-state index in [1.54, 1.807) is 6.07 Å². The van der Waals surface area contributed by atoms with Crippen LogP contribution in [-0.4, -0.2) is 41.2 Å². The van der Waals surface area contributed by atoms with E-state index in [1.165, 1.54) is 36.5 Å². The highest BCUT2D eigenvalue weighted by molar-refractivity contribution is 7.89. The summed E-state index contributed by atoms with van der Waals surface area (Å²) in [5.41, 5.74) is 0.0993. The van der Waals surface area contributed by atoms with Gasteiger partial charge < -0.3 is 9.47 Å². The molecule has 1 heterocycles. The van der Waals surface area contributed by atoms with Crippen LogP contribution >= 0.6 is 0 Å². The van der Waals surface area contributed by atoms with Crippen LogP contribution in [0.1, 0.15) is 22.1 Å². The van der Waals surface area contributed by atoms with Crippen LogP contribution < -0.4 is 4.72 Å². The van der Waals surface area contributed by atoms with Crippen molar-refractivity contribution in [3.05, 3.63) is 59.5 Å². The molecule has 10 heteroatoms. The number of carbonyl (C=O) groups is 1. The summed E-state index contributed by atoms with van der Waals surface area (Å²) in [6.07, 6.45) is 0.115. The third-order valence-electron chi connectivity index (χ3n) is 3.98. The maximum absolute atomic E-state index is 13.7. The van der Waals surface area contributed by atoms with Gasteiger partial charge in [0.05, 0.1) is 12.7 Å². The van der Waals surface area contributed by atoms with Crippen LogP contribution in [0.4, 0.5) is 4.39 Å². The fraction of sp³-hybridized carbons (Fsp3) is 0.368. The summed E-state index contributed by atoms with van der Waals surface area (Å²) in [4.78, 5) is 15.8. The molecule has 1 unspecified atom stereocenters. The zero-order chi connectivity index (χ0) is 21.7. The quantitative estimate of drug-likeness (QED) is 0.365. The Morgan fingerprint density at radius 3 is 2.59 bits per heavy atom. The minimum atomic E-state index is -4.27. The molecule has 1 aromatic heterocycles. The summed E-state index contributed by atoms with van der Waals surface area (Å²) in [5, 5.41) is -0.484. The van der Waals surface area contributed by atoms with Crippen LogP contribution in [0.2, 0.25) is 25.7 Å². The normalized spacial score (nSPS) is 13.1. The third-order valence-corrected chi connectivity index (χ3v) is 7.04. The summed E-state index contributed by atoms with van der Waals surface area (Å²) in [6, 6.07) is 9.00. The van der Waals surface area contributed by atoms with Crippen LogP contribution in [0.25, 0.3) is 0 Å². The van der Waals surface area contributed by atoms with E-state index in [0.29, 0.717) is 12.2 Å². The fourth-order valence-electron chi connectivity index (χ4n) is 2.42. The number of hydrogen-bond donors (Lipinski definition) is 1. The molecule has 1 atom stereocenters. The minimum Gasteiger partial charge on any atom is -0.465 e. The number of nitrogens with one attached hydrogen (secondary N) is 1. The molecule has 29 heavy (non-hydrogen) atoms. The number of carbonyl (C=O) groups excluding carboxylic acids is 1. The molecule has 1 aromatic carbocycles. The summed E-state index contributed by atoms with van der Waals surface area (Å²) in [6.45, 7) is 6.78. The van der Waals surface area contributed by atoms with E-state index in [-0.39, 0.29) is 5.56 Å². The molecule has 158 valence electrons. The van der Waals surface area contributed by atoms with Gasteiger partial charge >= 0.3 is 5.97 Å². The number of aromatic nitrogens is 1. The Morgan fingerprint density at radius 1 is 1.24 bits per heavy atom. The largest absolute Gasteiger partial charge is 0.465 e. The highest BCUT2D eigenvalue weighted by atomic mass is 32.2. The standard InChI is InChI=1S/C19H25FN2O5SSi/c1-26-19(23)16-9-6-10-21-18(16)28(24,25)22-17(27-11-12-29(2,3)4)14-7-5-8-15(20)13-14/h5-10,13,17,22H,11-12H2,1-4H3. The topological polar surface area (TPSA) is 94.6 Å². The second kappa shape index (κ2) is 9.57. The van der Waals surface area contributed by atoms with Crippen molar-refractivity contribution in [2.24, 2.45) is 0 Å². The Hall–Kier alpha value is -2.14. The predicted octanol–water partition coefficient (Wildman–Crippen LogP) is 3.34. The molecule has 2 rings (SSSR count). The van der Waals surface area contributed by atoms with Crippen LogP contribution in [0.15, 0.2) is 47.6 Å². The Balaban J connectivity index is 2.36. The Labute approximate surface area is 171 Å². The lowest BCUT2D eigenvalue weighted by atomic mass is 10.2. The van der Waals surface area contributed by atoms with E-state index >= 15 is 0 Å². The van der Waals surface area contributed by atoms with Crippen LogP contribution in [0.5, 0.6) is 0 Å². The summed E-state index contributed by atoms with van der Waals surface area (Å²) in [7, 11) is -4.56. The van der Waals surface area contributed by atoms with E-state index in [9.17, 15) is 17.6 Å². The van der Waals surface area contributed by atoms with Crippen molar-refractivity contribution in [1.29, 1.82) is 0 Å². The molecule has 0 saturated carbocycles. The Kier molecular flexibility index (Phi) is 7.64. The van der Waals surface area contributed by atoms with Gasteiger partial charge in [0, 0.05) is 20.9 Å². The van der Waals surface area contributed by atoms with Gasteiger partial charge in [-0.15, -0.1) is 0 Å². The van der Waals surface area contributed by atoms with Crippen LogP contribution in [-0.2, 0) is 19.5 Å². The highest BCUT2D eigenvalue weighted by Gasteiger charge is 2.29. The molecule has 0 radical (unpaired) electrons. The van der Waals surface area contributed by atoms with Crippen molar-refractivity contribution in [3.8, 4) is 0 Å². The molecule has 1 N–H and O–H groups in total. The number of methoxy groups -OCH3 is 1. The van der Waals surface area contributed by atoms with Crippen molar-refractivity contribution in [2.75, 3.05) is 13.7 Å². The maximum atomic E-state index is 13.7. The number of pyridine rings is 1. The summed E-state index contributed by atoms with van der Waals surface area (Å²) in [5.74, 6) is -1.35.